The molecule has 0 aliphatic carbocycles. The summed E-state index contributed by atoms with van der Waals surface area (Å²) in [5.41, 5.74) is 2.15. The van der Waals surface area contributed by atoms with Gasteiger partial charge in [-0.05, 0) is 36.8 Å². The molecule has 108 valence electrons. The number of ketones is 1. The molecule has 0 saturated heterocycles. The van der Waals surface area contributed by atoms with Crippen LogP contribution in [0.5, 0.6) is 0 Å². The van der Waals surface area contributed by atoms with E-state index in [2.05, 4.69) is 0 Å². The molecule has 4 heteroatoms. The minimum absolute atomic E-state index is 0.0694. The van der Waals surface area contributed by atoms with Gasteiger partial charge in [-0.1, -0.05) is 41.4 Å². The number of carbonyl (C=O) groups excluding carboxylic acids is 1. The Bertz CT molecular complexity index is 645. The second-order valence-corrected chi connectivity index (χ2v) is 5.37. The number of carbonyl (C=O) groups is 2. The number of hydrogen-bond acceptors (Lipinski definition) is 2. The predicted octanol–water partition coefficient (Wildman–Crippen LogP) is 4.09. The van der Waals surface area contributed by atoms with Crippen molar-refractivity contribution in [3.05, 3.63) is 70.2 Å². The summed E-state index contributed by atoms with van der Waals surface area (Å²) in [5, 5.41) is 9.90. The Hall–Kier alpha value is -2.13. The highest BCUT2D eigenvalue weighted by molar-refractivity contribution is 6.30. The average molecular weight is 303 g/mol. The molecule has 1 atom stereocenters. The molecule has 0 saturated carbocycles. The molecule has 0 bridgehead atoms. The number of aryl methyl sites for hydroxylation is 1. The Kier molecular flexibility index (Phi) is 4.76. The average Bonchev–Trinajstić information content (AvgIpc) is 2.46. The van der Waals surface area contributed by atoms with E-state index in [1.165, 1.54) is 0 Å². The fourth-order valence-corrected chi connectivity index (χ4v) is 2.21. The zero-order valence-electron chi connectivity index (χ0n) is 11.5. The van der Waals surface area contributed by atoms with Crippen LogP contribution in [0.25, 0.3) is 0 Å². The number of Topliss-reactive ketones (excluding diaryl/α,β-unsaturated/α-hetero) is 1. The lowest BCUT2D eigenvalue weighted by Gasteiger charge is -2.12. The molecule has 0 aliphatic heterocycles. The van der Waals surface area contributed by atoms with Crippen molar-refractivity contribution in [1.29, 1.82) is 0 Å². The minimum atomic E-state index is -0.999. The molecule has 1 N–H and O–H groups in total. The van der Waals surface area contributed by atoms with Crippen molar-refractivity contribution in [2.75, 3.05) is 0 Å². The third-order valence-electron chi connectivity index (χ3n) is 3.33. The standard InChI is InChI=1S/C17H15ClO3/c1-11-2-4-12(5-3-11)15(17(20)21)10-16(19)13-6-8-14(18)9-7-13/h2-9,15H,10H2,1H3,(H,20,21). The molecule has 2 rings (SSSR count). The first kappa shape index (κ1) is 15.3. The molecule has 0 aliphatic rings. The zero-order chi connectivity index (χ0) is 15.4. The van der Waals surface area contributed by atoms with Gasteiger partial charge in [0.05, 0.1) is 5.92 Å². The van der Waals surface area contributed by atoms with Gasteiger partial charge in [0.25, 0.3) is 0 Å². The van der Waals surface area contributed by atoms with Gasteiger partial charge in [0.1, 0.15) is 0 Å². The smallest absolute Gasteiger partial charge is 0.311 e. The highest BCUT2D eigenvalue weighted by Crippen LogP contribution is 2.23. The third-order valence-corrected chi connectivity index (χ3v) is 3.59. The van der Waals surface area contributed by atoms with Gasteiger partial charge in [-0.2, -0.15) is 0 Å². The number of rotatable bonds is 5. The van der Waals surface area contributed by atoms with Gasteiger partial charge in [0, 0.05) is 17.0 Å². The van der Waals surface area contributed by atoms with Crippen LogP contribution in [0, 0.1) is 6.92 Å². The number of benzene rings is 2. The molecule has 21 heavy (non-hydrogen) atoms. The van der Waals surface area contributed by atoms with Crippen molar-refractivity contribution in [1.82, 2.24) is 0 Å². The quantitative estimate of drug-likeness (QED) is 0.846. The molecule has 0 heterocycles. The van der Waals surface area contributed by atoms with Gasteiger partial charge >= 0.3 is 5.97 Å². The summed E-state index contributed by atoms with van der Waals surface area (Å²) in [6.07, 6.45) is -0.0694. The number of aliphatic carboxylic acids is 1. The maximum Gasteiger partial charge on any atom is 0.311 e. The van der Waals surface area contributed by atoms with E-state index in [4.69, 9.17) is 11.6 Å². The van der Waals surface area contributed by atoms with Crippen molar-refractivity contribution < 1.29 is 14.7 Å². The minimum Gasteiger partial charge on any atom is -0.481 e. The Labute approximate surface area is 128 Å². The maximum atomic E-state index is 12.2. The van der Waals surface area contributed by atoms with Crippen LogP contribution in [-0.2, 0) is 4.79 Å². The van der Waals surface area contributed by atoms with E-state index in [1.807, 2.05) is 19.1 Å². The van der Waals surface area contributed by atoms with E-state index in [0.29, 0.717) is 16.1 Å². The summed E-state index contributed by atoms with van der Waals surface area (Å²) in [4.78, 5) is 23.6. The number of carboxylic acid groups (broad SMARTS) is 1. The molecular weight excluding hydrogens is 288 g/mol. The van der Waals surface area contributed by atoms with E-state index in [9.17, 15) is 14.7 Å². The van der Waals surface area contributed by atoms with Gasteiger partial charge in [-0.25, -0.2) is 0 Å². The highest BCUT2D eigenvalue weighted by atomic mass is 35.5. The molecule has 2 aromatic carbocycles. The zero-order valence-corrected chi connectivity index (χ0v) is 12.3. The van der Waals surface area contributed by atoms with Gasteiger partial charge < -0.3 is 5.11 Å². The van der Waals surface area contributed by atoms with Gasteiger partial charge in [-0.15, -0.1) is 0 Å². The maximum absolute atomic E-state index is 12.2. The topological polar surface area (TPSA) is 54.4 Å². The Morgan fingerprint density at radius 3 is 2.14 bits per heavy atom. The lowest BCUT2D eigenvalue weighted by atomic mass is 9.91. The molecule has 0 radical (unpaired) electrons. The molecule has 3 nitrogen and oxygen atoms in total. The SMILES string of the molecule is Cc1ccc(C(CC(=O)c2ccc(Cl)cc2)C(=O)O)cc1. The Morgan fingerprint density at radius 2 is 1.62 bits per heavy atom. The van der Waals surface area contributed by atoms with E-state index in [-0.39, 0.29) is 12.2 Å². The van der Waals surface area contributed by atoms with E-state index in [0.717, 1.165) is 5.56 Å². The summed E-state index contributed by atoms with van der Waals surface area (Å²) in [6, 6.07) is 13.7. The molecule has 2 aromatic rings. The van der Waals surface area contributed by atoms with Crippen LogP contribution in [0.1, 0.15) is 33.8 Å². The first-order valence-corrected chi connectivity index (χ1v) is 6.93. The fourth-order valence-electron chi connectivity index (χ4n) is 2.09. The first-order valence-electron chi connectivity index (χ1n) is 6.55. The van der Waals surface area contributed by atoms with Crippen LogP contribution in [0.15, 0.2) is 48.5 Å². The fraction of sp³-hybridized carbons (Fsp3) is 0.176. The van der Waals surface area contributed by atoms with Crippen molar-refractivity contribution in [3.8, 4) is 0 Å². The summed E-state index contributed by atoms with van der Waals surface area (Å²) >= 11 is 5.78. The molecule has 0 amide bonds. The molecule has 0 fully saturated rings. The summed E-state index contributed by atoms with van der Waals surface area (Å²) in [5.74, 6) is -2.05. The Morgan fingerprint density at radius 1 is 1.05 bits per heavy atom. The second kappa shape index (κ2) is 6.55. The van der Waals surface area contributed by atoms with Crippen LogP contribution in [0.4, 0.5) is 0 Å². The number of halogens is 1. The summed E-state index contributed by atoms with van der Waals surface area (Å²) < 4.78 is 0. The van der Waals surface area contributed by atoms with E-state index >= 15 is 0 Å². The molecule has 0 aromatic heterocycles. The second-order valence-electron chi connectivity index (χ2n) is 4.94. The number of hydrogen-bond donors (Lipinski definition) is 1. The predicted molar refractivity (Wildman–Crippen MR) is 82.0 cm³/mol. The van der Waals surface area contributed by atoms with Crippen molar-refractivity contribution >= 4 is 23.4 Å². The van der Waals surface area contributed by atoms with Crippen molar-refractivity contribution in [3.63, 3.8) is 0 Å². The highest BCUT2D eigenvalue weighted by Gasteiger charge is 2.23. The third kappa shape index (κ3) is 3.92. The normalized spacial score (nSPS) is 11.9. The monoisotopic (exact) mass is 302 g/mol. The molecule has 1 unspecified atom stereocenters. The van der Waals surface area contributed by atoms with Gasteiger partial charge in [0.15, 0.2) is 5.78 Å². The van der Waals surface area contributed by atoms with Crippen LogP contribution in [0.2, 0.25) is 5.02 Å². The summed E-state index contributed by atoms with van der Waals surface area (Å²) in [7, 11) is 0. The summed E-state index contributed by atoms with van der Waals surface area (Å²) in [6.45, 7) is 1.93. The van der Waals surface area contributed by atoms with Crippen LogP contribution in [-0.4, -0.2) is 16.9 Å². The lowest BCUT2D eigenvalue weighted by molar-refractivity contribution is -0.138. The first-order chi connectivity index (χ1) is 9.97. The van der Waals surface area contributed by atoms with Gasteiger partial charge in [0.2, 0.25) is 0 Å². The van der Waals surface area contributed by atoms with Crippen molar-refractivity contribution in [2.24, 2.45) is 0 Å². The largest absolute Gasteiger partial charge is 0.481 e. The van der Waals surface area contributed by atoms with Crippen LogP contribution < -0.4 is 0 Å². The Balaban J connectivity index is 2.20. The van der Waals surface area contributed by atoms with E-state index in [1.54, 1.807) is 36.4 Å². The van der Waals surface area contributed by atoms with Gasteiger partial charge in [-0.3, -0.25) is 9.59 Å². The lowest BCUT2D eigenvalue weighted by Crippen LogP contribution is -2.16. The molecular formula is C17H15ClO3. The van der Waals surface area contributed by atoms with Crippen LogP contribution in [0.3, 0.4) is 0 Å². The molecule has 0 spiro atoms. The van der Waals surface area contributed by atoms with Crippen molar-refractivity contribution in [2.45, 2.75) is 19.3 Å². The van der Waals surface area contributed by atoms with Crippen LogP contribution >= 0.6 is 11.6 Å². The van der Waals surface area contributed by atoms with E-state index < -0.39 is 11.9 Å². The number of carboxylic acids is 1.